The Bertz CT molecular complexity index is 386. The van der Waals surface area contributed by atoms with Crippen molar-refractivity contribution in [1.82, 2.24) is 5.32 Å². The summed E-state index contributed by atoms with van der Waals surface area (Å²) < 4.78 is 0. The van der Waals surface area contributed by atoms with Crippen LogP contribution in [-0.4, -0.2) is 16.3 Å². The van der Waals surface area contributed by atoms with Crippen LogP contribution in [0, 0.1) is 5.92 Å². The molecular formula is C15H23NO2. The fraction of sp³-hybridized carbons (Fsp3) is 0.600. The first-order chi connectivity index (χ1) is 8.66. The van der Waals surface area contributed by atoms with Gasteiger partial charge in [-0.2, -0.15) is 0 Å². The summed E-state index contributed by atoms with van der Waals surface area (Å²) >= 11 is 0. The molecule has 0 amide bonds. The molecular weight excluding hydrogens is 226 g/mol. The van der Waals surface area contributed by atoms with E-state index in [4.69, 9.17) is 0 Å². The zero-order valence-electron chi connectivity index (χ0n) is 11.0. The van der Waals surface area contributed by atoms with Crippen LogP contribution in [0.1, 0.15) is 44.6 Å². The van der Waals surface area contributed by atoms with E-state index in [2.05, 4.69) is 12.2 Å². The predicted octanol–water partition coefficient (Wildman–Crippen LogP) is 3.16. The van der Waals surface area contributed by atoms with Crippen LogP contribution in [0.3, 0.4) is 0 Å². The molecule has 3 N–H and O–H groups in total. The Morgan fingerprint density at radius 3 is 2.56 bits per heavy atom. The third-order valence-electron chi connectivity index (χ3n) is 4.02. The largest absolute Gasteiger partial charge is 0.504 e. The van der Waals surface area contributed by atoms with E-state index in [0.29, 0.717) is 6.04 Å². The van der Waals surface area contributed by atoms with Crippen LogP contribution < -0.4 is 5.32 Å². The van der Waals surface area contributed by atoms with E-state index in [9.17, 15) is 10.2 Å². The summed E-state index contributed by atoms with van der Waals surface area (Å²) in [5.41, 5.74) is 1.01. The van der Waals surface area contributed by atoms with E-state index in [1.54, 1.807) is 6.07 Å². The first-order valence-electron chi connectivity index (χ1n) is 6.91. The van der Waals surface area contributed by atoms with Crippen molar-refractivity contribution in [3.8, 4) is 11.5 Å². The van der Waals surface area contributed by atoms with Gasteiger partial charge in [0.1, 0.15) is 0 Å². The fourth-order valence-electron chi connectivity index (χ4n) is 2.76. The lowest BCUT2D eigenvalue weighted by atomic mass is 9.84. The molecule has 1 fully saturated rings. The molecule has 0 bridgehead atoms. The predicted molar refractivity (Wildman–Crippen MR) is 72.6 cm³/mol. The van der Waals surface area contributed by atoms with Gasteiger partial charge in [0, 0.05) is 12.6 Å². The highest BCUT2D eigenvalue weighted by atomic mass is 16.3. The van der Waals surface area contributed by atoms with Crippen molar-refractivity contribution in [2.75, 3.05) is 0 Å². The summed E-state index contributed by atoms with van der Waals surface area (Å²) in [5.74, 6) is 0.683. The van der Waals surface area contributed by atoms with Crippen LogP contribution in [0.2, 0.25) is 0 Å². The number of benzene rings is 1. The number of phenolic OH excluding ortho intramolecular Hbond substituents is 2. The van der Waals surface area contributed by atoms with E-state index in [1.807, 2.05) is 6.07 Å². The second-order valence-corrected chi connectivity index (χ2v) is 5.39. The lowest BCUT2D eigenvalue weighted by Gasteiger charge is -2.28. The maximum absolute atomic E-state index is 9.44. The SMILES string of the molecule is C[C@@H](NCc1ccc(O)c(O)c1)C1CCCCC1. The minimum atomic E-state index is -0.0564. The lowest BCUT2D eigenvalue weighted by Crippen LogP contribution is -2.34. The Hall–Kier alpha value is -1.22. The van der Waals surface area contributed by atoms with Crippen molar-refractivity contribution < 1.29 is 10.2 Å². The number of hydrogen-bond donors (Lipinski definition) is 3. The van der Waals surface area contributed by atoms with Crippen molar-refractivity contribution in [1.29, 1.82) is 0 Å². The second kappa shape index (κ2) is 6.10. The van der Waals surface area contributed by atoms with Crippen LogP contribution in [0.5, 0.6) is 11.5 Å². The molecule has 1 aliphatic carbocycles. The Morgan fingerprint density at radius 2 is 1.89 bits per heavy atom. The summed E-state index contributed by atoms with van der Waals surface area (Å²) in [4.78, 5) is 0. The van der Waals surface area contributed by atoms with Crippen LogP contribution in [-0.2, 0) is 6.54 Å². The summed E-state index contributed by atoms with van der Waals surface area (Å²) in [6.07, 6.45) is 6.76. The summed E-state index contributed by atoms with van der Waals surface area (Å²) in [6.45, 7) is 2.99. The van der Waals surface area contributed by atoms with Gasteiger partial charge in [-0.1, -0.05) is 25.3 Å². The van der Waals surface area contributed by atoms with Gasteiger partial charge in [0.05, 0.1) is 0 Å². The van der Waals surface area contributed by atoms with Gasteiger partial charge in [-0.3, -0.25) is 0 Å². The average Bonchev–Trinajstić information content (AvgIpc) is 2.41. The summed E-state index contributed by atoms with van der Waals surface area (Å²) in [6, 6.07) is 5.52. The molecule has 100 valence electrons. The Balaban J connectivity index is 1.84. The van der Waals surface area contributed by atoms with Crippen LogP contribution in [0.4, 0.5) is 0 Å². The van der Waals surface area contributed by atoms with Crippen LogP contribution in [0.25, 0.3) is 0 Å². The van der Waals surface area contributed by atoms with Gasteiger partial charge in [0.15, 0.2) is 11.5 Å². The van der Waals surface area contributed by atoms with Crippen LogP contribution >= 0.6 is 0 Å². The quantitative estimate of drug-likeness (QED) is 0.718. The summed E-state index contributed by atoms with van der Waals surface area (Å²) in [5, 5.41) is 22.2. The Morgan fingerprint density at radius 1 is 1.17 bits per heavy atom. The molecule has 0 unspecified atom stereocenters. The third-order valence-corrected chi connectivity index (χ3v) is 4.02. The molecule has 0 radical (unpaired) electrons. The zero-order valence-corrected chi connectivity index (χ0v) is 11.0. The normalized spacial score (nSPS) is 18.7. The smallest absolute Gasteiger partial charge is 0.157 e. The molecule has 0 aromatic heterocycles. The molecule has 18 heavy (non-hydrogen) atoms. The van der Waals surface area contributed by atoms with E-state index in [0.717, 1.165) is 18.0 Å². The van der Waals surface area contributed by atoms with Gasteiger partial charge in [0.2, 0.25) is 0 Å². The highest BCUT2D eigenvalue weighted by molar-refractivity contribution is 5.40. The van der Waals surface area contributed by atoms with E-state index in [1.165, 1.54) is 38.2 Å². The second-order valence-electron chi connectivity index (χ2n) is 5.39. The Labute approximate surface area is 109 Å². The molecule has 1 aromatic carbocycles. The minimum absolute atomic E-state index is 0.0420. The maximum Gasteiger partial charge on any atom is 0.157 e. The van der Waals surface area contributed by atoms with Gasteiger partial charge in [-0.15, -0.1) is 0 Å². The van der Waals surface area contributed by atoms with Gasteiger partial charge >= 0.3 is 0 Å². The first-order valence-corrected chi connectivity index (χ1v) is 6.91. The number of nitrogens with one attached hydrogen (secondary N) is 1. The minimum Gasteiger partial charge on any atom is -0.504 e. The van der Waals surface area contributed by atoms with Crippen molar-refractivity contribution in [2.24, 2.45) is 5.92 Å². The lowest BCUT2D eigenvalue weighted by molar-refractivity contribution is 0.280. The summed E-state index contributed by atoms with van der Waals surface area (Å²) in [7, 11) is 0. The van der Waals surface area contributed by atoms with Gasteiger partial charge in [-0.05, 0) is 43.4 Å². The highest BCUT2D eigenvalue weighted by Crippen LogP contribution is 2.27. The molecule has 0 spiro atoms. The molecule has 0 heterocycles. The topological polar surface area (TPSA) is 52.5 Å². The molecule has 3 heteroatoms. The van der Waals surface area contributed by atoms with Crippen molar-refractivity contribution >= 4 is 0 Å². The maximum atomic E-state index is 9.44. The van der Waals surface area contributed by atoms with Gasteiger partial charge < -0.3 is 15.5 Å². The highest BCUT2D eigenvalue weighted by Gasteiger charge is 2.19. The van der Waals surface area contributed by atoms with Crippen LogP contribution in [0.15, 0.2) is 18.2 Å². The van der Waals surface area contributed by atoms with Crippen molar-refractivity contribution in [2.45, 2.75) is 51.6 Å². The monoisotopic (exact) mass is 249 g/mol. The molecule has 1 aromatic rings. The molecule has 2 rings (SSSR count). The van der Waals surface area contributed by atoms with Crippen molar-refractivity contribution in [3.63, 3.8) is 0 Å². The van der Waals surface area contributed by atoms with E-state index < -0.39 is 0 Å². The molecule has 0 aliphatic heterocycles. The van der Waals surface area contributed by atoms with Gasteiger partial charge in [0.25, 0.3) is 0 Å². The standard InChI is InChI=1S/C15H23NO2/c1-11(13-5-3-2-4-6-13)16-10-12-7-8-14(17)15(18)9-12/h7-9,11,13,16-18H,2-6,10H2,1H3/t11-/m1/s1. The fourth-order valence-corrected chi connectivity index (χ4v) is 2.76. The van der Waals surface area contributed by atoms with Crippen molar-refractivity contribution in [3.05, 3.63) is 23.8 Å². The number of hydrogen-bond acceptors (Lipinski definition) is 3. The van der Waals surface area contributed by atoms with E-state index >= 15 is 0 Å². The average molecular weight is 249 g/mol. The number of rotatable bonds is 4. The Kier molecular flexibility index (Phi) is 4.48. The first kappa shape index (κ1) is 13.2. The molecule has 1 aliphatic rings. The zero-order chi connectivity index (χ0) is 13.0. The molecule has 0 saturated heterocycles. The van der Waals surface area contributed by atoms with Gasteiger partial charge in [-0.25, -0.2) is 0 Å². The number of phenols is 2. The van der Waals surface area contributed by atoms with E-state index in [-0.39, 0.29) is 11.5 Å². The molecule has 1 atom stereocenters. The molecule has 1 saturated carbocycles. The third kappa shape index (κ3) is 3.39. The molecule has 3 nitrogen and oxygen atoms in total. The number of aromatic hydroxyl groups is 2.